The van der Waals surface area contributed by atoms with E-state index in [9.17, 15) is 9.90 Å². The second-order valence-corrected chi connectivity index (χ2v) is 5.18. The van der Waals surface area contributed by atoms with Crippen molar-refractivity contribution in [3.63, 3.8) is 0 Å². The minimum absolute atomic E-state index is 0.0121. The van der Waals surface area contributed by atoms with Crippen LogP contribution >= 0.6 is 0 Å². The van der Waals surface area contributed by atoms with Crippen molar-refractivity contribution in [2.45, 2.75) is 31.3 Å². The van der Waals surface area contributed by atoms with Crippen molar-refractivity contribution in [2.75, 3.05) is 0 Å². The summed E-state index contributed by atoms with van der Waals surface area (Å²) in [6, 6.07) is 6.46. The maximum absolute atomic E-state index is 11.8. The van der Waals surface area contributed by atoms with E-state index in [0.29, 0.717) is 6.42 Å². The molecule has 0 spiro atoms. The molecule has 7 nitrogen and oxygen atoms in total. The summed E-state index contributed by atoms with van der Waals surface area (Å²) in [5.74, 6) is 0.107. The van der Waals surface area contributed by atoms with E-state index < -0.39 is 6.04 Å². The zero-order valence-electron chi connectivity index (χ0n) is 11.3. The maximum atomic E-state index is 11.8. The van der Waals surface area contributed by atoms with Crippen LogP contribution in [0.3, 0.4) is 0 Å². The average Bonchev–Trinajstić information content (AvgIpc) is 3.14. The highest BCUT2D eigenvalue weighted by Crippen LogP contribution is 2.20. The molecule has 1 atom stereocenters. The molecule has 2 aromatic rings. The number of benzene rings is 1. The number of phenols is 1. The van der Waals surface area contributed by atoms with Gasteiger partial charge in [0.25, 0.3) is 11.7 Å². The summed E-state index contributed by atoms with van der Waals surface area (Å²) in [4.78, 5) is 15.8. The van der Waals surface area contributed by atoms with Gasteiger partial charge in [0.15, 0.2) is 0 Å². The lowest BCUT2D eigenvalue weighted by atomic mass is 10.1. The number of carbonyl (C=O) groups excluding carboxylic acids is 1. The number of carbonyl (C=O) groups is 1. The van der Waals surface area contributed by atoms with E-state index in [1.54, 1.807) is 24.3 Å². The van der Waals surface area contributed by atoms with Gasteiger partial charge < -0.3 is 20.7 Å². The van der Waals surface area contributed by atoms with Crippen molar-refractivity contribution in [1.82, 2.24) is 15.5 Å². The molecule has 0 saturated heterocycles. The van der Waals surface area contributed by atoms with Gasteiger partial charge in [-0.05, 0) is 37.0 Å². The molecule has 1 unspecified atom stereocenters. The minimum atomic E-state index is -0.496. The Morgan fingerprint density at radius 3 is 2.81 bits per heavy atom. The van der Waals surface area contributed by atoms with Crippen LogP contribution in [0.5, 0.6) is 5.75 Å². The second-order valence-electron chi connectivity index (χ2n) is 5.18. The van der Waals surface area contributed by atoms with Crippen LogP contribution in [-0.4, -0.2) is 27.2 Å². The highest BCUT2D eigenvalue weighted by molar-refractivity contribution is 5.90. The molecule has 1 amide bonds. The summed E-state index contributed by atoms with van der Waals surface area (Å²) in [7, 11) is 0. The standard InChI is InChI=1S/C14H16N4O3/c15-11(7-8-1-5-10(19)6-2-8)14-17-12(18-21-14)13(20)16-9-3-4-9/h1-2,5-6,9,11,19H,3-4,7,15H2,(H,16,20). The summed E-state index contributed by atoms with van der Waals surface area (Å²) < 4.78 is 5.05. The molecule has 21 heavy (non-hydrogen) atoms. The van der Waals surface area contributed by atoms with Gasteiger partial charge in [-0.25, -0.2) is 0 Å². The van der Waals surface area contributed by atoms with E-state index >= 15 is 0 Å². The first-order chi connectivity index (χ1) is 10.1. The largest absolute Gasteiger partial charge is 0.508 e. The fourth-order valence-electron chi connectivity index (χ4n) is 1.93. The normalized spacial score (nSPS) is 15.7. The summed E-state index contributed by atoms with van der Waals surface area (Å²) in [6.07, 6.45) is 2.47. The number of aromatic hydroxyl groups is 1. The molecule has 0 radical (unpaired) electrons. The average molecular weight is 288 g/mol. The van der Waals surface area contributed by atoms with Crippen molar-refractivity contribution >= 4 is 5.91 Å². The molecule has 0 bridgehead atoms. The zero-order chi connectivity index (χ0) is 14.8. The van der Waals surface area contributed by atoms with Crippen molar-refractivity contribution in [2.24, 2.45) is 5.73 Å². The van der Waals surface area contributed by atoms with Gasteiger partial charge in [0, 0.05) is 6.04 Å². The van der Waals surface area contributed by atoms with Crippen molar-refractivity contribution < 1.29 is 14.4 Å². The number of phenolic OH excluding ortho intramolecular Hbond substituents is 1. The van der Waals surface area contributed by atoms with Gasteiger partial charge >= 0.3 is 0 Å². The SMILES string of the molecule is NC(Cc1ccc(O)cc1)c1nc(C(=O)NC2CC2)no1. The highest BCUT2D eigenvalue weighted by Gasteiger charge is 2.26. The van der Waals surface area contributed by atoms with Crippen LogP contribution in [0.15, 0.2) is 28.8 Å². The topological polar surface area (TPSA) is 114 Å². The summed E-state index contributed by atoms with van der Waals surface area (Å²) >= 11 is 0. The molecule has 0 aliphatic heterocycles. The molecule has 1 fully saturated rings. The molecular formula is C14H16N4O3. The lowest BCUT2D eigenvalue weighted by Gasteiger charge is -2.06. The van der Waals surface area contributed by atoms with Gasteiger partial charge in [0.05, 0.1) is 6.04 Å². The molecule has 1 aromatic heterocycles. The first-order valence-electron chi connectivity index (χ1n) is 6.80. The van der Waals surface area contributed by atoms with Crippen LogP contribution in [-0.2, 0) is 6.42 Å². The molecule has 3 rings (SSSR count). The van der Waals surface area contributed by atoms with Crippen molar-refractivity contribution in [3.05, 3.63) is 41.5 Å². The number of hydrogen-bond acceptors (Lipinski definition) is 6. The predicted molar refractivity (Wildman–Crippen MR) is 73.5 cm³/mol. The zero-order valence-corrected chi connectivity index (χ0v) is 11.3. The Morgan fingerprint density at radius 2 is 2.14 bits per heavy atom. The van der Waals surface area contributed by atoms with Gasteiger partial charge in [-0.3, -0.25) is 4.79 Å². The van der Waals surface area contributed by atoms with Crippen molar-refractivity contribution in [1.29, 1.82) is 0 Å². The number of nitrogens with two attached hydrogens (primary N) is 1. The van der Waals surface area contributed by atoms with E-state index in [0.717, 1.165) is 18.4 Å². The van der Waals surface area contributed by atoms with Crippen LogP contribution in [0.25, 0.3) is 0 Å². The molecule has 1 heterocycles. The van der Waals surface area contributed by atoms with Crippen LogP contribution in [0, 0.1) is 0 Å². The van der Waals surface area contributed by atoms with E-state index in [2.05, 4.69) is 15.5 Å². The van der Waals surface area contributed by atoms with E-state index in [1.165, 1.54) is 0 Å². The van der Waals surface area contributed by atoms with Gasteiger partial charge in [-0.15, -0.1) is 0 Å². The Kier molecular flexibility index (Phi) is 3.57. The van der Waals surface area contributed by atoms with E-state index in [4.69, 9.17) is 10.3 Å². The molecule has 1 aliphatic rings. The molecule has 4 N–H and O–H groups in total. The number of nitrogens with one attached hydrogen (secondary N) is 1. The molecule has 7 heteroatoms. The van der Waals surface area contributed by atoms with Gasteiger partial charge in [-0.1, -0.05) is 17.3 Å². The lowest BCUT2D eigenvalue weighted by Crippen LogP contribution is -2.26. The monoisotopic (exact) mass is 288 g/mol. The minimum Gasteiger partial charge on any atom is -0.508 e. The molecule has 1 saturated carbocycles. The second kappa shape index (κ2) is 5.53. The molecular weight excluding hydrogens is 272 g/mol. The lowest BCUT2D eigenvalue weighted by molar-refractivity contribution is 0.0937. The molecule has 110 valence electrons. The van der Waals surface area contributed by atoms with Gasteiger partial charge in [-0.2, -0.15) is 4.98 Å². The number of rotatable bonds is 5. The third-order valence-corrected chi connectivity index (χ3v) is 3.27. The number of nitrogens with zero attached hydrogens (tertiary/aromatic N) is 2. The number of amides is 1. The Bertz CT molecular complexity index is 634. The summed E-state index contributed by atoms with van der Waals surface area (Å²) in [6.45, 7) is 0. The summed E-state index contributed by atoms with van der Waals surface area (Å²) in [5.41, 5.74) is 6.93. The third-order valence-electron chi connectivity index (χ3n) is 3.27. The predicted octanol–water partition coefficient (Wildman–Crippen LogP) is 0.910. The smallest absolute Gasteiger partial charge is 0.292 e. The maximum Gasteiger partial charge on any atom is 0.292 e. The fraction of sp³-hybridized carbons (Fsp3) is 0.357. The Balaban J connectivity index is 1.64. The van der Waals surface area contributed by atoms with Crippen LogP contribution in [0.1, 0.15) is 41.0 Å². The molecule has 1 aliphatic carbocycles. The Morgan fingerprint density at radius 1 is 1.43 bits per heavy atom. The Labute approximate surface area is 121 Å². The quantitative estimate of drug-likeness (QED) is 0.753. The van der Waals surface area contributed by atoms with Crippen LogP contribution < -0.4 is 11.1 Å². The Hall–Kier alpha value is -2.41. The summed E-state index contributed by atoms with van der Waals surface area (Å²) in [5, 5.41) is 15.7. The first kappa shape index (κ1) is 13.6. The first-order valence-corrected chi connectivity index (χ1v) is 6.80. The van der Waals surface area contributed by atoms with E-state index in [-0.39, 0.29) is 29.4 Å². The number of aromatic nitrogens is 2. The molecule has 1 aromatic carbocycles. The van der Waals surface area contributed by atoms with Crippen molar-refractivity contribution in [3.8, 4) is 5.75 Å². The third kappa shape index (κ3) is 3.38. The van der Waals surface area contributed by atoms with E-state index in [1.807, 2.05) is 0 Å². The van der Waals surface area contributed by atoms with Crippen LogP contribution in [0.2, 0.25) is 0 Å². The highest BCUT2D eigenvalue weighted by atomic mass is 16.5. The fourth-order valence-corrected chi connectivity index (χ4v) is 1.93. The van der Waals surface area contributed by atoms with Gasteiger partial charge in [0.2, 0.25) is 5.89 Å². The number of hydrogen-bond donors (Lipinski definition) is 3. The van der Waals surface area contributed by atoms with Gasteiger partial charge in [0.1, 0.15) is 5.75 Å². The van der Waals surface area contributed by atoms with Crippen LogP contribution in [0.4, 0.5) is 0 Å².